The average molecular weight is 401 g/mol. The molecule has 1 N–H and O–H groups in total. The Labute approximate surface area is 166 Å². The summed E-state index contributed by atoms with van der Waals surface area (Å²) in [7, 11) is -3.58. The largest absolute Gasteiger partial charge is 0.491 e. The molecule has 0 bridgehead atoms. The van der Waals surface area contributed by atoms with Crippen LogP contribution in [0.3, 0.4) is 0 Å². The summed E-state index contributed by atoms with van der Waals surface area (Å²) in [6.45, 7) is 4.27. The van der Waals surface area contributed by atoms with E-state index in [-0.39, 0.29) is 11.9 Å². The maximum atomic E-state index is 12.2. The van der Waals surface area contributed by atoms with E-state index in [0.29, 0.717) is 24.1 Å². The van der Waals surface area contributed by atoms with Crippen molar-refractivity contribution < 1.29 is 17.9 Å². The third-order valence-corrected chi connectivity index (χ3v) is 5.33. The van der Waals surface area contributed by atoms with E-state index >= 15 is 0 Å². The molecule has 0 atom stereocenters. The third-order valence-electron chi connectivity index (χ3n) is 3.85. The predicted octanol–water partition coefficient (Wildman–Crippen LogP) is 2.62. The van der Waals surface area contributed by atoms with Gasteiger partial charge in [0.15, 0.2) is 9.84 Å². The molecule has 0 aliphatic carbocycles. The van der Waals surface area contributed by atoms with Gasteiger partial charge in [-0.15, -0.1) is 0 Å². The van der Waals surface area contributed by atoms with E-state index in [1.165, 1.54) is 0 Å². The van der Waals surface area contributed by atoms with Gasteiger partial charge in [0.2, 0.25) is 5.91 Å². The number of nitrogens with one attached hydrogen (secondary N) is 1. The van der Waals surface area contributed by atoms with Crippen LogP contribution in [-0.4, -0.2) is 32.7 Å². The summed E-state index contributed by atoms with van der Waals surface area (Å²) in [5.74, 6) is -0.525. The standard InChI is InChI=1S/C21H24N2O4S/c1-16(2)27-20-9-7-17(8-10-20)11-12-23-21(24)15-28(25,26)14-19-5-3-18(13-22)4-6-19/h3-10,16H,11-12,14-15H2,1-2H3,(H,23,24). The van der Waals surface area contributed by atoms with Crippen LogP contribution < -0.4 is 10.1 Å². The summed E-state index contributed by atoms with van der Waals surface area (Å²) in [5, 5.41) is 11.4. The number of benzene rings is 2. The molecule has 2 aromatic rings. The van der Waals surface area contributed by atoms with Gasteiger partial charge in [-0.1, -0.05) is 24.3 Å². The van der Waals surface area contributed by atoms with Crippen molar-refractivity contribution in [2.45, 2.75) is 32.1 Å². The second-order valence-corrected chi connectivity index (χ2v) is 8.82. The molecule has 6 nitrogen and oxygen atoms in total. The van der Waals surface area contributed by atoms with Crippen LogP contribution in [0.4, 0.5) is 0 Å². The summed E-state index contributed by atoms with van der Waals surface area (Å²) >= 11 is 0. The number of carbonyl (C=O) groups is 1. The van der Waals surface area contributed by atoms with Gasteiger partial charge in [0, 0.05) is 6.54 Å². The van der Waals surface area contributed by atoms with Crippen LogP contribution in [0.15, 0.2) is 48.5 Å². The molecule has 0 radical (unpaired) electrons. The molecule has 0 aliphatic rings. The number of carbonyl (C=O) groups excluding carboxylic acids is 1. The Morgan fingerprint density at radius 1 is 1.07 bits per heavy atom. The fraction of sp³-hybridized carbons (Fsp3) is 0.333. The lowest BCUT2D eigenvalue weighted by atomic mass is 10.1. The van der Waals surface area contributed by atoms with Gasteiger partial charge in [-0.3, -0.25) is 4.79 Å². The number of nitrogens with zero attached hydrogens (tertiary/aromatic N) is 1. The number of nitriles is 1. The lowest BCUT2D eigenvalue weighted by Gasteiger charge is -2.10. The highest BCUT2D eigenvalue weighted by Gasteiger charge is 2.17. The van der Waals surface area contributed by atoms with Gasteiger partial charge in [-0.05, 0) is 55.7 Å². The Morgan fingerprint density at radius 2 is 1.68 bits per heavy atom. The van der Waals surface area contributed by atoms with Crippen molar-refractivity contribution in [3.8, 4) is 11.8 Å². The second-order valence-electron chi connectivity index (χ2n) is 6.75. The Bertz CT molecular complexity index is 928. The maximum Gasteiger partial charge on any atom is 0.235 e. The van der Waals surface area contributed by atoms with Gasteiger partial charge < -0.3 is 10.1 Å². The molecule has 0 spiro atoms. The quantitative estimate of drug-likeness (QED) is 0.698. The first-order chi connectivity index (χ1) is 13.3. The molecule has 2 rings (SSSR count). The molecule has 0 fully saturated rings. The third kappa shape index (κ3) is 7.41. The lowest BCUT2D eigenvalue weighted by Crippen LogP contribution is -2.32. The Kier molecular flexibility index (Phi) is 7.59. The number of ether oxygens (including phenoxy) is 1. The minimum atomic E-state index is -3.58. The monoisotopic (exact) mass is 400 g/mol. The summed E-state index contributed by atoms with van der Waals surface area (Å²) in [4.78, 5) is 12.0. The lowest BCUT2D eigenvalue weighted by molar-refractivity contribution is -0.118. The van der Waals surface area contributed by atoms with Gasteiger partial charge in [0.1, 0.15) is 11.5 Å². The van der Waals surface area contributed by atoms with Crippen molar-refractivity contribution in [3.63, 3.8) is 0 Å². The van der Waals surface area contributed by atoms with Crippen molar-refractivity contribution in [1.82, 2.24) is 5.32 Å². The van der Waals surface area contributed by atoms with E-state index < -0.39 is 21.5 Å². The summed E-state index contributed by atoms with van der Waals surface area (Å²) in [6.07, 6.45) is 0.708. The van der Waals surface area contributed by atoms with Gasteiger partial charge >= 0.3 is 0 Å². The minimum absolute atomic E-state index is 0.108. The number of hydrogen-bond donors (Lipinski definition) is 1. The number of hydrogen-bond acceptors (Lipinski definition) is 5. The first-order valence-corrected chi connectivity index (χ1v) is 10.8. The highest BCUT2D eigenvalue weighted by molar-refractivity contribution is 7.91. The molecule has 7 heteroatoms. The van der Waals surface area contributed by atoms with E-state index in [1.54, 1.807) is 24.3 Å². The van der Waals surface area contributed by atoms with Crippen LogP contribution in [0, 0.1) is 11.3 Å². The maximum absolute atomic E-state index is 12.2. The van der Waals surface area contributed by atoms with Crippen LogP contribution >= 0.6 is 0 Å². The average Bonchev–Trinajstić information content (AvgIpc) is 2.62. The highest BCUT2D eigenvalue weighted by atomic mass is 32.2. The summed E-state index contributed by atoms with van der Waals surface area (Å²) in [5.41, 5.74) is 2.04. The topological polar surface area (TPSA) is 96.3 Å². The van der Waals surface area contributed by atoms with Gasteiger partial charge in [0.25, 0.3) is 0 Å². The zero-order chi connectivity index (χ0) is 20.6. The molecule has 0 saturated heterocycles. The zero-order valence-corrected chi connectivity index (χ0v) is 16.8. The van der Waals surface area contributed by atoms with Crippen LogP contribution in [0.2, 0.25) is 0 Å². The fourth-order valence-corrected chi connectivity index (χ4v) is 3.89. The smallest absolute Gasteiger partial charge is 0.235 e. The van der Waals surface area contributed by atoms with Crippen molar-refractivity contribution in [3.05, 3.63) is 65.2 Å². The predicted molar refractivity (Wildman–Crippen MR) is 108 cm³/mol. The van der Waals surface area contributed by atoms with E-state index in [4.69, 9.17) is 10.00 Å². The fourth-order valence-electron chi connectivity index (χ4n) is 2.58. The first-order valence-electron chi connectivity index (χ1n) is 8.99. The van der Waals surface area contributed by atoms with Crippen molar-refractivity contribution in [1.29, 1.82) is 5.26 Å². The molecule has 28 heavy (non-hydrogen) atoms. The van der Waals surface area contributed by atoms with Crippen molar-refractivity contribution >= 4 is 15.7 Å². The van der Waals surface area contributed by atoms with Crippen molar-refractivity contribution in [2.24, 2.45) is 0 Å². The normalized spacial score (nSPS) is 11.1. The van der Waals surface area contributed by atoms with Gasteiger partial charge in [-0.2, -0.15) is 5.26 Å². The molecule has 1 amide bonds. The summed E-state index contributed by atoms with van der Waals surface area (Å²) in [6, 6.07) is 15.9. The van der Waals surface area contributed by atoms with Gasteiger partial charge in [0.05, 0.1) is 23.5 Å². The van der Waals surface area contributed by atoms with Crippen LogP contribution in [0.1, 0.15) is 30.5 Å². The van der Waals surface area contributed by atoms with Crippen LogP contribution in [-0.2, 0) is 26.8 Å². The van der Waals surface area contributed by atoms with Gasteiger partial charge in [-0.25, -0.2) is 8.42 Å². The molecular weight excluding hydrogens is 376 g/mol. The molecule has 0 aromatic heterocycles. The SMILES string of the molecule is CC(C)Oc1ccc(CCNC(=O)CS(=O)(=O)Cc2ccc(C#N)cc2)cc1. The number of rotatable bonds is 9. The molecule has 0 aliphatic heterocycles. The molecule has 2 aromatic carbocycles. The number of sulfone groups is 1. The second kappa shape index (κ2) is 9.90. The molecule has 0 heterocycles. The van der Waals surface area contributed by atoms with Crippen LogP contribution in [0.5, 0.6) is 5.75 Å². The summed E-state index contributed by atoms with van der Waals surface area (Å²) < 4.78 is 29.9. The molecule has 0 saturated carbocycles. The Hall–Kier alpha value is -2.85. The number of amides is 1. The van der Waals surface area contributed by atoms with E-state index in [0.717, 1.165) is 11.3 Å². The highest BCUT2D eigenvalue weighted by Crippen LogP contribution is 2.14. The Balaban J connectivity index is 1.78. The van der Waals surface area contributed by atoms with Crippen LogP contribution in [0.25, 0.3) is 0 Å². The first kappa shape index (κ1) is 21.5. The zero-order valence-electron chi connectivity index (χ0n) is 16.0. The molecule has 0 unspecified atom stereocenters. The van der Waals surface area contributed by atoms with E-state index in [2.05, 4.69) is 5.32 Å². The Morgan fingerprint density at radius 3 is 2.25 bits per heavy atom. The van der Waals surface area contributed by atoms with Crippen molar-refractivity contribution in [2.75, 3.05) is 12.3 Å². The van der Waals surface area contributed by atoms with E-state index in [9.17, 15) is 13.2 Å². The molecular formula is C21H24N2O4S. The minimum Gasteiger partial charge on any atom is -0.491 e. The van der Waals surface area contributed by atoms with E-state index in [1.807, 2.05) is 44.2 Å². The molecule has 148 valence electrons.